The van der Waals surface area contributed by atoms with Gasteiger partial charge in [0, 0.05) is 11.3 Å². The fourth-order valence-corrected chi connectivity index (χ4v) is 3.81. The molecule has 1 aliphatic rings. The summed E-state index contributed by atoms with van der Waals surface area (Å²) >= 11 is 0. The molecule has 0 saturated carbocycles. The minimum atomic E-state index is -0.134. The molecule has 3 rings (SSSR count). The van der Waals surface area contributed by atoms with Gasteiger partial charge in [-0.1, -0.05) is 38.1 Å². The van der Waals surface area contributed by atoms with E-state index in [4.69, 9.17) is 4.74 Å². The van der Waals surface area contributed by atoms with Crippen LogP contribution in [0.4, 0.5) is 5.69 Å². The third-order valence-corrected chi connectivity index (χ3v) is 5.40. The van der Waals surface area contributed by atoms with E-state index in [1.54, 1.807) is 4.90 Å². The predicted molar refractivity (Wildman–Crippen MR) is 114 cm³/mol. The molecule has 0 aliphatic carbocycles. The lowest BCUT2D eigenvalue weighted by Crippen LogP contribution is -3.11. The Morgan fingerprint density at radius 2 is 1.79 bits per heavy atom. The zero-order valence-electron chi connectivity index (χ0n) is 17.4. The number of nitrogens with one attached hydrogen (secondary N) is 2. The monoisotopic (exact) mass is 381 g/mol. The van der Waals surface area contributed by atoms with Crippen molar-refractivity contribution in [2.45, 2.75) is 52.5 Å². The first-order valence-electron chi connectivity index (χ1n) is 10.5. The standard InChI is InChI=1S/C24H32N2O2/c1-18(2)22-12-7-19(3)15-23(22)28-17-24(27)25-21-10-8-20(9-11-21)16-26-13-5-4-6-14-26/h7-12,15,18H,4-6,13-14,16-17H2,1-3H3,(H,25,27)/p+1. The molecule has 2 N–H and O–H groups in total. The third kappa shape index (κ3) is 5.83. The van der Waals surface area contributed by atoms with Crippen LogP contribution in [0.2, 0.25) is 0 Å². The SMILES string of the molecule is Cc1ccc(C(C)C)c(OCC(=O)Nc2ccc(C[NH+]3CCCCC3)cc2)c1. The topological polar surface area (TPSA) is 42.8 Å². The number of amides is 1. The molecule has 0 bridgehead atoms. The summed E-state index contributed by atoms with van der Waals surface area (Å²) < 4.78 is 5.82. The van der Waals surface area contributed by atoms with Crippen molar-refractivity contribution in [3.8, 4) is 5.75 Å². The van der Waals surface area contributed by atoms with Gasteiger partial charge in [-0.15, -0.1) is 0 Å². The molecule has 2 aromatic carbocycles. The van der Waals surface area contributed by atoms with Crippen molar-refractivity contribution in [1.29, 1.82) is 0 Å². The van der Waals surface area contributed by atoms with E-state index in [0.29, 0.717) is 5.92 Å². The van der Waals surface area contributed by atoms with Crippen molar-refractivity contribution in [3.63, 3.8) is 0 Å². The lowest BCUT2D eigenvalue weighted by Gasteiger charge is -2.23. The molecule has 0 atom stereocenters. The summed E-state index contributed by atoms with van der Waals surface area (Å²) in [5.74, 6) is 1.02. The molecular formula is C24H33N2O2+. The molecule has 2 aromatic rings. The van der Waals surface area contributed by atoms with Crippen LogP contribution in [0.3, 0.4) is 0 Å². The molecule has 0 unspecified atom stereocenters. The van der Waals surface area contributed by atoms with Crippen molar-refractivity contribution in [1.82, 2.24) is 0 Å². The molecule has 1 fully saturated rings. The Hall–Kier alpha value is -2.33. The summed E-state index contributed by atoms with van der Waals surface area (Å²) in [5.41, 5.74) is 4.40. The summed E-state index contributed by atoms with van der Waals surface area (Å²) in [5, 5.41) is 2.94. The Bertz CT molecular complexity index is 778. The second kappa shape index (κ2) is 9.74. The zero-order chi connectivity index (χ0) is 19.9. The first kappa shape index (κ1) is 20.4. The average Bonchev–Trinajstić information content (AvgIpc) is 2.68. The van der Waals surface area contributed by atoms with Crippen LogP contribution in [0.25, 0.3) is 0 Å². The highest BCUT2D eigenvalue weighted by molar-refractivity contribution is 5.91. The number of carbonyl (C=O) groups excluding carboxylic acids is 1. The number of hydrogen-bond acceptors (Lipinski definition) is 2. The smallest absolute Gasteiger partial charge is 0.262 e. The molecule has 0 aromatic heterocycles. The normalized spacial score (nSPS) is 14.9. The van der Waals surface area contributed by atoms with E-state index in [2.05, 4.69) is 43.4 Å². The maximum Gasteiger partial charge on any atom is 0.262 e. The van der Waals surface area contributed by atoms with Crippen LogP contribution in [0.15, 0.2) is 42.5 Å². The van der Waals surface area contributed by atoms with E-state index < -0.39 is 0 Å². The molecule has 150 valence electrons. The largest absolute Gasteiger partial charge is 0.483 e. The van der Waals surface area contributed by atoms with E-state index in [1.165, 1.54) is 37.9 Å². The fourth-order valence-electron chi connectivity index (χ4n) is 3.81. The first-order chi connectivity index (χ1) is 13.5. The highest BCUT2D eigenvalue weighted by atomic mass is 16.5. The van der Waals surface area contributed by atoms with Gasteiger partial charge in [-0.3, -0.25) is 4.79 Å². The zero-order valence-corrected chi connectivity index (χ0v) is 17.4. The average molecular weight is 382 g/mol. The third-order valence-electron chi connectivity index (χ3n) is 5.40. The van der Waals surface area contributed by atoms with E-state index in [9.17, 15) is 4.79 Å². The molecule has 4 nitrogen and oxygen atoms in total. The van der Waals surface area contributed by atoms with Crippen LogP contribution in [0.1, 0.15) is 55.7 Å². The van der Waals surface area contributed by atoms with E-state index in [-0.39, 0.29) is 12.5 Å². The van der Waals surface area contributed by atoms with Crippen LogP contribution in [-0.2, 0) is 11.3 Å². The predicted octanol–water partition coefficient (Wildman–Crippen LogP) is 3.70. The highest BCUT2D eigenvalue weighted by Crippen LogP contribution is 2.27. The number of anilines is 1. The van der Waals surface area contributed by atoms with Gasteiger partial charge in [0.1, 0.15) is 12.3 Å². The number of piperidine rings is 1. The summed E-state index contributed by atoms with van der Waals surface area (Å²) in [6.07, 6.45) is 4.05. The van der Waals surface area contributed by atoms with Gasteiger partial charge < -0.3 is 15.0 Å². The van der Waals surface area contributed by atoms with Crippen molar-refractivity contribution in [2.75, 3.05) is 25.0 Å². The van der Waals surface area contributed by atoms with E-state index >= 15 is 0 Å². The van der Waals surface area contributed by atoms with Gasteiger partial charge in [0.05, 0.1) is 13.1 Å². The molecule has 1 heterocycles. The first-order valence-corrected chi connectivity index (χ1v) is 10.5. The van der Waals surface area contributed by atoms with Crippen LogP contribution < -0.4 is 15.0 Å². The number of aryl methyl sites for hydroxylation is 1. The molecule has 28 heavy (non-hydrogen) atoms. The second-order valence-electron chi connectivity index (χ2n) is 8.22. The molecule has 0 spiro atoms. The number of carbonyl (C=O) groups is 1. The Labute approximate surface area is 168 Å². The Morgan fingerprint density at radius 3 is 2.46 bits per heavy atom. The van der Waals surface area contributed by atoms with E-state index in [1.807, 2.05) is 25.1 Å². The summed E-state index contributed by atoms with van der Waals surface area (Å²) in [6.45, 7) is 9.92. The fraction of sp³-hybridized carbons (Fsp3) is 0.458. The molecular weight excluding hydrogens is 348 g/mol. The maximum absolute atomic E-state index is 12.3. The van der Waals surface area contributed by atoms with Crippen molar-refractivity contribution in [3.05, 3.63) is 59.2 Å². The van der Waals surface area contributed by atoms with Gasteiger partial charge in [-0.25, -0.2) is 0 Å². The van der Waals surface area contributed by atoms with Gasteiger partial charge in [-0.05, 0) is 61.4 Å². The van der Waals surface area contributed by atoms with Crippen LogP contribution >= 0.6 is 0 Å². The molecule has 1 aliphatic heterocycles. The molecule has 0 radical (unpaired) electrons. The van der Waals surface area contributed by atoms with Gasteiger partial charge in [0.25, 0.3) is 5.91 Å². The van der Waals surface area contributed by atoms with Crippen LogP contribution in [-0.4, -0.2) is 25.6 Å². The molecule has 1 amide bonds. The maximum atomic E-state index is 12.3. The number of hydrogen-bond donors (Lipinski definition) is 2. The van der Waals surface area contributed by atoms with Gasteiger partial charge in [0.15, 0.2) is 6.61 Å². The molecule has 1 saturated heterocycles. The summed E-state index contributed by atoms with van der Waals surface area (Å²) in [7, 11) is 0. The minimum absolute atomic E-state index is 0.0167. The Morgan fingerprint density at radius 1 is 1.07 bits per heavy atom. The van der Waals surface area contributed by atoms with Crippen LogP contribution in [0, 0.1) is 6.92 Å². The van der Waals surface area contributed by atoms with Gasteiger partial charge in [0.2, 0.25) is 0 Å². The highest BCUT2D eigenvalue weighted by Gasteiger charge is 2.14. The van der Waals surface area contributed by atoms with Crippen molar-refractivity contribution >= 4 is 11.6 Å². The lowest BCUT2D eigenvalue weighted by molar-refractivity contribution is -0.918. The number of ether oxygens (including phenoxy) is 1. The lowest BCUT2D eigenvalue weighted by atomic mass is 10.0. The summed E-state index contributed by atoms with van der Waals surface area (Å²) in [4.78, 5) is 14.0. The number of quaternary nitrogens is 1. The second-order valence-corrected chi connectivity index (χ2v) is 8.22. The number of benzene rings is 2. The van der Waals surface area contributed by atoms with Gasteiger partial charge >= 0.3 is 0 Å². The quantitative estimate of drug-likeness (QED) is 0.768. The Kier molecular flexibility index (Phi) is 7.10. The Balaban J connectivity index is 1.51. The van der Waals surface area contributed by atoms with Gasteiger partial charge in [-0.2, -0.15) is 0 Å². The number of rotatable bonds is 7. The van der Waals surface area contributed by atoms with Crippen LogP contribution in [0.5, 0.6) is 5.75 Å². The number of likely N-dealkylation sites (tertiary alicyclic amines) is 1. The van der Waals surface area contributed by atoms with Crippen molar-refractivity contribution < 1.29 is 14.4 Å². The molecule has 4 heteroatoms. The van der Waals surface area contributed by atoms with Crippen molar-refractivity contribution in [2.24, 2.45) is 0 Å². The summed E-state index contributed by atoms with van der Waals surface area (Å²) in [6, 6.07) is 14.4. The minimum Gasteiger partial charge on any atom is -0.483 e. The van der Waals surface area contributed by atoms with E-state index in [0.717, 1.165) is 29.1 Å².